The van der Waals surface area contributed by atoms with Gasteiger partial charge in [-0.05, 0) is 49.3 Å². The molecular formula is C14H17Cl2N. The molecule has 1 aromatic carbocycles. The van der Waals surface area contributed by atoms with E-state index in [1.807, 2.05) is 6.07 Å². The molecule has 0 N–H and O–H groups in total. The summed E-state index contributed by atoms with van der Waals surface area (Å²) in [5.74, 6) is 1.44. The maximum Gasteiger partial charge on any atom is 0.0642 e. The van der Waals surface area contributed by atoms with Crippen LogP contribution in [0, 0.1) is 5.92 Å². The van der Waals surface area contributed by atoms with Gasteiger partial charge in [-0.1, -0.05) is 17.7 Å². The Bertz CT molecular complexity index is 411. The Balaban J connectivity index is 1.83. The summed E-state index contributed by atoms with van der Waals surface area (Å²) in [6.45, 7) is 1.19. The molecule has 0 saturated heterocycles. The van der Waals surface area contributed by atoms with E-state index in [1.165, 1.54) is 37.9 Å². The molecule has 0 aliphatic heterocycles. The third kappa shape index (κ3) is 2.71. The predicted molar refractivity (Wildman–Crippen MR) is 74.1 cm³/mol. The first kappa shape index (κ1) is 11.7. The standard InChI is InChI=1S/C14H17Cl2N/c15-8-11-3-6-14(13(16)7-11)17(12-4-5-12)9-10-1-2-10/h3,6-7,10,12H,1-2,4-5,8-9H2. The second-order valence-electron chi connectivity index (χ2n) is 5.25. The zero-order valence-electron chi connectivity index (χ0n) is 9.83. The lowest BCUT2D eigenvalue weighted by Crippen LogP contribution is -2.28. The highest BCUT2D eigenvalue weighted by atomic mass is 35.5. The van der Waals surface area contributed by atoms with Gasteiger partial charge in [-0.3, -0.25) is 0 Å². The van der Waals surface area contributed by atoms with Gasteiger partial charge < -0.3 is 4.90 Å². The molecule has 0 spiro atoms. The van der Waals surface area contributed by atoms with Crippen molar-refractivity contribution in [2.45, 2.75) is 37.6 Å². The van der Waals surface area contributed by atoms with Gasteiger partial charge in [-0.2, -0.15) is 0 Å². The van der Waals surface area contributed by atoms with Crippen molar-refractivity contribution in [1.82, 2.24) is 0 Å². The molecule has 0 heterocycles. The number of nitrogens with zero attached hydrogens (tertiary/aromatic N) is 1. The molecule has 1 aromatic rings. The second-order valence-corrected chi connectivity index (χ2v) is 5.92. The van der Waals surface area contributed by atoms with Gasteiger partial charge in [0.2, 0.25) is 0 Å². The summed E-state index contributed by atoms with van der Waals surface area (Å²) in [4.78, 5) is 2.51. The summed E-state index contributed by atoms with van der Waals surface area (Å²) in [5.41, 5.74) is 2.30. The van der Waals surface area contributed by atoms with Crippen LogP contribution in [0.15, 0.2) is 18.2 Å². The molecule has 0 aromatic heterocycles. The van der Waals surface area contributed by atoms with E-state index in [4.69, 9.17) is 23.2 Å². The molecule has 2 saturated carbocycles. The maximum absolute atomic E-state index is 6.38. The zero-order chi connectivity index (χ0) is 11.8. The molecule has 1 nitrogen and oxygen atoms in total. The second kappa shape index (κ2) is 4.70. The van der Waals surface area contributed by atoms with Crippen LogP contribution in [0.4, 0.5) is 5.69 Å². The van der Waals surface area contributed by atoms with Crippen molar-refractivity contribution in [3.05, 3.63) is 28.8 Å². The highest BCUT2D eigenvalue weighted by Crippen LogP contribution is 2.40. The van der Waals surface area contributed by atoms with E-state index in [2.05, 4.69) is 17.0 Å². The van der Waals surface area contributed by atoms with Gasteiger partial charge in [0.25, 0.3) is 0 Å². The third-order valence-corrected chi connectivity index (χ3v) is 4.23. The Hall–Kier alpha value is -0.400. The fourth-order valence-electron chi connectivity index (χ4n) is 2.28. The van der Waals surface area contributed by atoms with Crippen LogP contribution in [-0.4, -0.2) is 12.6 Å². The zero-order valence-corrected chi connectivity index (χ0v) is 11.3. The number of hydrogen-bond acceptors (Lipinski definition) is 1. The smallest absolute Gasteiger partial charge is 0.0642 e. The highest BCUT2D eigenvalue weighted by Gasteiger charge is 2.34. The van der Waals surface area contributed by atoms with E-state index in [0.29, 0.717) is 5.88 Å². The van der Waals surface area contributed by atoms with Crippen LogP contribution in [0.1, 0.15) is 31.2 Å². The van der Waals surface area contributed by atoms with Gasteiger partial charge >= 0.3 is 0 Å². The minimum Gasteiger partial charge on any atom is -0.367 e. The third-order valence-electron chi connectivity index (χ3n) is 3.62. The van der Waals surface area contributed by atoms with Crippen molar-refractivity contribution in [2.75, 3.05) is 11.4 Å². The van der Waals surface area contributed by atoms with Gasteiger partial charge in [0.05, 0.1) is 10.7 Å². The Kier molecular flexibility index (Phi) is 3.23. The van der Waals surface area contributed by atoms with E-state index in [1.54, 1.807) is 0 Å². The number of alkyl halides is 1. The Morgan fingerprint density at radius 1 is 1.18 bits per heavy atom. The molecule has 0 bridgehead atoms. The average Bonchev–Trinajstić information content (AvgIpc) is 3.18. The van der Waals surface area contributed by atoms with Crippen molar-refractivity contribution in [2.24, 2.45) is 5.92 Å². The van der Waals surface area contributed by atoms with Gasteiger partial charge in [0, 0.05) is 18.5 Å². The molecule has 0 unspecified atom stereocenters. The summed E-state index contributed by atoms with van der Waals surface area (Å²) < 4.78 is 0. The summed E-state index contributed by atoms with van der Waals surface area (Å²) in [6.07, 6.45) is 5.42. The van der Waals surface area contributed by atoms with Gasteiger partial charge in [0.15, 0.2) is 0 Å². The highest BCUT2D eigenvalue weighted by molar-refractivity contribution is 6.33. The van der Waals surface area contributed by atoms with Gasteiger partial charge in [0.1, 0.15) is 0 Å². The molecule has 0 atom stereocenters. The molecule has 3 heteroatoms. The van der Waals surface area contributed by atoms with Crippen molar-refractivity contribution < 1.29 is 0 Å². The minimum atomic E-state index is 0.534. The first-order valence-corrected chi connectivity index (χ1v) is 7.30. The largest absolute Gasteiger partial charge is 0.367 e. The quantitative estimate of drug-likeness (QED) is 0.714. The Morgan fingerprint density at radius 3 is 2.47 bits per heavy atom. The lowest BCUT2D eigenvalue weighted by atomic mass is 10.2. The summed E-state index contributed by atoms with van der Waals surface area (Å²) in [5, 5.41) is 0.857. The summed E-state index contributed by atoms with van der Waals surface area (Å²) in [7, 11) is 0. The molecular weight excluding hydrogens is 253 g/mol. The Morgan fingerprint density at radius 2 is 1.94 bits per heavy atom. The summed E-state index contributed by atoms with van der Waals surface area (Å²) >= 11 is 12.2. The number of benzene rings is 1. The molecule has 2 aliphatic carbocycles. The molecule has 17 heavy (non-hydrogen) atoms. The monoisotopic (exact) mass is 269 g/mol. The number of anilines is 1. The van der Waals surface area contributed by atoms with Gasteiger partial charge in [-0.15, -0.1) is 11.6 Å². The summed E-state index contributed by atoms with van der Waals surface area (Å²) in [6, 6.07) is 6.97. The molecule has 0 amide bonds. The fourth-order valence-corrected chi connectivity index (χ4v) is 2.75. The first-order chi connectivity index (χ1) is 8.28. The minimum absolute atomic E-state index is 0.534. The van der Waals surface area contributed by atoms with Crippen molar-refractivity contribution in [3.8, 4) is 0 Å². The molecule has 92 valence electrons. The van der Waals surface area contributed by atoms with Crippen LogP contribution >= 0.6 is 23.2 Å². The number of rotatable bonds is 5. The van der Waals surface area contributed by atoms with E-state index in [9.17, 15) is 0 Å². The molecule has 2 aliphatic rings. The first-order valence-electron chi connectivity index (χ1n) is 6.39. The number of hydrogen-bond donors (Lipinski definition) is 0. The van der Waals surface area contributed by atoms with Crippen LogP contribution in [0.2, 0.25) is 5.02 Å². The Labute approximate surface area is 113 Å². The number of halogens is 2. The predicted octanol–water partition coefficient (Wildman–Crippen LogP) is 4.46. The van der Waals surface area contributed by atoms with Crippen LogP contribution in [0.25, 0.3) is 0 Å². The fraction of sp³-hybridized carbons (Fsp3) is 0.571. The lowest BCUT2D eigenvalue weighted by molar-refractivity contribution is 0.719. The normalized spacial score (nSPS) is 19.4. The maximum atomic E-state index is 6.38. The van der Waals surface area contributed by atoms with Crippen molar-refractivity contribution >= 4 is 28.9 Å². The van der Waals surface area contributed by atoms with Gasteiger partial charge in [-0.25, -0.2) is 0 Å². The van der Waals surface area contributed by atoms with Crippen LogP contribution in [0.3, 0.4) is 0 Å². The van der Waals surface area contributed by atoms with E-state index in [-0.39, 0.29) is 0 Å². The van der Waals surface area contributed by atoms with E-state index in [0.717, 1.165) is 22.5 Å². The SMILES string of the molecule is ClCc1ccc(N(CC2CC2)C2CC2)c(Cl)c1. The van der Waals surface area contributed by atoms with Crippen molar-refractivity contribution in [1.29, 1.82) is 0 Å². The molecule has 3 rings (SSSR count). The van der Waals surface area contributed by atoms with Crippen molar-refractivity contribution in [3.63, 3.8) is 0 Å². The van der Waals surface area contributed by atoms with Crippen LogP contribution < -0.4 is 4.90 Å². The van der Waals surface area contributed by atoms with E-state index < -0.39 is 0 Å². The van der Waals surface area contributed by atoms with E-state index >= 15 is 0 Å². The van der Waals surface area contributed by atoms with Crippen LogP contribution in [0.5, 0.6) is 0 Å². The lowest BCUT2D eigenvalue weighted by Gasteiger charge is -2.26. The molecule has 2 fully saturated rings. The molecule has 0 radical (unpaired) electrons. The van der Waals surface area contributed by atoms with Crippen LogP contribution in [-0.2, 0) is 5.88 Å². The average molecular weight is 270 g/mol. The topological polar surface area (TPSA) is 3.24 Å².